The Morgan fingerprint density at radius 2 is 1.81 bits per heavy atom. The second kappa shape index (κ2) is 12.7. The third-order valence-corrected chi connectivity index (χ3v) is 8.18. The van der Waals surface area contributed by atoms with Crippen LogP contribution in [0.15, 0.2) is 66.6 Å². The van der Waals surface area contributed by atoms with E-state index in [1.165, 1.54) is 25.1 Å². The zero-order valence-electron chi connectivity index (χ0n) is 20.5. The van der Waals surface area contributed by atoms with E-state index in [0.717, 1.165) is 37.7 Å². The number of nitrogens with zero attached hydrogens (tertiary/aromatic N) is 2. The first-order valence-corrected chi connectivity index (χ1v) is 13.4. The van der Waals surface area contributed by atoms with Crippen LogP contribution in [-0.4, -0.2) is 35.4 Å². The molecule has 0 bridgehead atoms. The van der Waals surface area contributed by atoms with Crippen LogP contribution < -0.4 is 0 Å². The van der Waals surface area contributed by atoms with Crippen molar-refractivity contribution in [2.75, 3.05) is 0 Å². The van der Waals surface area contributed by atoms with Crippen LogP contribution in [0.3, 0.4) is 0 Å². The van der Waals surface area contributed by atoms with Crippen LogP contribution in [0.25, 0.3) is 41.6 Å². The maximum Gasteiger partial charge on any atom is 0 e. The van der Waals surface area contributed by atoms with E-state index >= 15 is 0 Å². The quantitative estimate of drug-likeness (QED) is 0.0897. The zero-order chi connectivity index (χ0) is 25.8. The Morgan fingerprint density at radius 1 is 1.08 bits per heavy atom. The number of rotatable bonds is 5. The van der Waals surface area contributed by atoms with Crippen LogP contribution in [0.4, 0.5) is 8.78 Å². The Hall–Kier alpha value is -2.76. The molecule has 0 fully saturated rings. The monoisotopic (exact) mass is 744 g/mol. The Balaban J connectivity index is 0.000000273. The summed E-state index contributed by atoms with van der Waals surface area (Å²) >= 11 is -0.0174. The molecule has 37 heavy (non-hydrogen) atoms. The number of carbonyl (C=O) groups excluding carboxylic acids is 1. The second-order valence-corrected chi connectivity index (χ2v) is 10.6. The summed E-state index contributed by atoms with van der Waals surface area (Å²) in [6.07, 6.45) is 4.59. The molecule has 5 aromatic rings. The fourth-order valence-corrected chi connectivity index (χ4v) is 6.37. The van der Waals surface area contributed by atoms with Crippen molar-refractivity contribution >= 4 is 50.6 Å². The van der Waals surface area contributed by atoms with Gasteiger partial charge in [0.2, 0.25) is 0 Å². The summed E-state index contributed by atoms with van der Waals surface area (Å²) in [4.78, 5) is 19.8. The number of fused-ring (bicyclic) bond motifs is 4. The first kappa shape index (κ1) is 28.8. The molecule has 1 radical (unpaired) electrons. The van der Waals surface area contributed by atoms with E-state index in [4.69, 9.17) is 5.11 Å². The Kier molecular flexibility index (Phi) is 9.86. The van der Waals surface area contributed by atoms with Crippen molar-refractivity contribution in [3.63, 3.8) is 0 Å². The summed E-state index contributed by atoms with van der Waals surface area (Å²) in [6, 6.07) is 16.8. The molecule has 0 spiro atoms. The van der Waals surface area contributed by atoms with Crippen LogP contribution >= 0.6 is 0 Å². The summed E-state index contributed by atoms with van der Waals surface area (Å²) < 4.78 is 29.8. The molecule has 0 atom stereocenters. The number of ketones is 1. The third kappa shape index (κ3) is 6.57. The molecule has 0 unspecified atom stereocenters. The van der Waals surface area contributed by atoms with E-state index in [1.54, 1.807) is 24.4 Å². The maximum atomic E-state index is 14.3. The van der Waals surface area contributed by atoms with Crippen LogP contribution in [-0.2, 0) is 24.9 Å². The molecule has 0 aliphatic rings. The average molecular weight is 743 g/mol. The molecule has 193 valence electrons. The third-order valence-electron chi connectivity index (χ3n) is 5.90. The van der Waals surface area contributed by atoms with Crippen molar-refractivity contribution in [2.45, 2.75) is 33.6 Å². The topological polar surface area (TPSA) is 63.1 Å². The van der Waals surface area contributed by atoms with Crippen molar-refractivity contribution in [2.24, 2.45) is 5.92 Å². The van der Waals surface area contributed by atoms with Crippen molar-refractivity contribution in [1.29, 1.82) is 0 Å². The van der Waals surface area contributed by atoms with Crippen molar-refractivity contribution in [3.05, 3.63) is 84.3 Å². The summed E-state index contributed by atoms with van der Waals surface area (Å²) in [7, 11) is 0. The van der Waals surface area contributed by atoms with Gasteiger partial charge in [-0.15, -0.1) is 0 Å². The molecule has 1 N–H and O–H groups in total. The number of halogens is 2. The summed E-state index contributed by atoms with van der Waals surface area (Å²) in [5, 5.41) is 11.3. The predicted octanol–water partition coefficient (Wildman–Crippen LogP) is 7.19. The molecule has 0 saturated carbocycles. The summed E-state index contributed by atoms with van der Waals surface area (Å²) in [5.41, 5.74) is 1.60. The fraction of sp³-hybridized carbons (Fsp3) is 0.207. The van der Waals surface area contributed by atoms with Crippen LogP contribution in [0.2, 0.25) is 0 Å². The number of hydrogen-bond acceptors (Lipinski definition) is 4. The SMILES string of the molecule is CCC(CC)C(=O)/C=C(/C)O.Fc1ccc2c(c1)[se]c1[c-]c(-c3cc(F)c4cccnc4n3)ccc12.[Ir]. The van der Waals surface area contributed by atoms with E-state index in [-0.39, 0.29) is 63.7 Å². The average Bonchev–Trinajstić information content (AvgIpc) is 3.21. The van der Waals surface area contributed by atoms with E-state index in [0.29, 0.717) is 16.7 Å². The van der Waals surface area contributed by atoms with Gasteiger partial charge in [-0.2, -0.15) is 0 Å². The smallest absolute Gasteiger partial charge is 0 e. The summed E-state index contributed by atoms with van der Waals surface area (Å²) in [5.74, 6) is -0.357. The number of aliphatic hydroxyl groups excluding tert-OH is 1. The number of allylic oxidation sites excluding steroid dienone is 2. The molecule has 3 heterocycles. The Morgan fingerprint density at radius 3 is 2.51 bits per heavy atom. The molecular weight excluding hydrogens is 718 g/mol. The van der Waals surface area contributed by atoms with Gasteiger partial charge in [-0.05, 0) is 19.8 Å². The van der Waals surface area contributed by atoms with E-state index in [1.807, 2.05) is 32.0 Å². The van der Waals surface area contributed by atoms with E-state index < -0.39 is 0 Å². The molecule has 0 aliphatic carbocycles. The first-order valence-electron chi connectivity index (χ1n) is 11.7. The van der Waals surface area contributed by atoms with E-state index in [2.05, 4.69) is 16.0 Å². The normalized spacial score (nSPS) is 11.5. The molecule has 0 amide bonds. The number of aliphatic hydroxyl groups is 1. The molecule has 2 aromatic carbocycles. The number of carbonyl (C=O) groups is 1. The zero-order valence-corrected chi connectivity index (χ0v) is 24.6. The molecule has 4 nitrogen and oxygen atoms in total. The minimum Gasteiger partial charge on any atom is 0 e. The number of benzene rings is 2. The van der Waals surface area contributed by atoms with Crippen LogP contribution in [0.1, 0.15) is 33.6 Å². The molecule has 5 rings (SSSR count). The van der Waals surface area contributed by atoms with Gasteiger partial charge in [-0.25, -0.2) is 0 Å². The van der Waals surface area contributed by atoms with Gasteiger partial charge in [-0.1, -0.05) is 13.8 Å². The summed E-state index contributed by atoms with van der Waals surface area (Å²) in [6.45, 7) is 5.47. The second-order valence-electron chi connectivity index (χ2n) is 8.42. The van der Waals surface area contributed by atoms with Gasteiger partial charge in [0.05, 0.1) is 5.76 Å². The van der Waals surface area contributed by atoms with Gasteiger partial charge in [-0.3, -0.25) is 4.79 Å². The van der Waals surface area contributed by atoms with Crippen molar-refractivity contribution < 1.29 is 38.8 Å². The van der Waals surface area contributed by atoms with Crippen LogP contribution in [0.5, 0.6) is 0 Å². The molecule has 8 heteroatoms. The van der Waals surface area contributed by atoms with Gasteiger partial charge in [0.1, 0.15) is 0 Å². The van der Waals surface area contributed by atoms with Crippen molar-refractivity contribution in [3.8, 4) is 11.3 Å². The standard InChI is InChI=1S/C20H9F2N2Se.C9H16O2.Ir/c21-12-4-6-14-13-5-3-11(8-18(13)25-19(14)9-12)17-10-16(22)15-2-1-7-23-20(15)24-17;1-4-8(5-2)9(11)6-7(3)10;/h1-7,9-10H;6,8,10H,4-5H2,1-3H3;/q-1;;/b;7-6-;. The minimum atomic E-state index is -0.349. The first-order chi connectivity index (χ1) is 17.3. The molecule has 0 aliphatic heterocycles. The molecule has 3 aromatic heterocycles. The number of pyridine rings is 2. The molecule has 0 saturated heterocycles. The molecular formula is C29H25F2IrN2O2Se-. The van der Waals surface area contributed by atoms with Gasteiger partial charge in [0.15, 0.2) is 5.78 Å². The maximum absolute atomic E-state index is 14.3. The number of hydrogen-bond donors (Lipinski definition) is 1. The van der Waals surface area contributed by atoms with Gasteiger partial charge < -0.3 is 5.11 Å². The van der Waals surface area contributed by atoms with Gasteiger partial charge in [0.25, 0.3) is 0 Å². The van der Waals surface area contributed by atoms with Crippen LogP contribution in [0, 0.1) is 23.6 Å². The van der Waals surface area contributed by atoms with Gasteiger partial charge in [0, 0.05) is 32.1 Å². The van der Waals surface area contributed by atoms with E-state index in [9.17, 15) is 13.6 Å². The van der Waals surface area contributed by atoms with Crippen molar-refractivity contribution in [1.82, 2.24) is 9.97 Å². The fourth-order valence-electron chi connectivity index (χ4n) is 4.00. The van der Waals surface area contributed by atoms with Gasteiger partial charge >= 0.3 is 147 Å². The minimum absolute atomic E-state index is 0. The Bertz CT molecular complexity index is 1590. The number of aromatic nitrogens is 2. The predicted molar refractivity (Wildman–Crippen MR) is 141 cm³/mol. The Labute approximate surface area is 233 Å². The largest absolute Gasteiger partial charge is 0 e.